The van der Waals surface area contributed by atoms with Gasteiger partial charge in [0.05, 0.1) is 0 Å². The number of nitrogens with one attached hydrogen (secondary N) is 3. The van der Waals surface area contributed by atoms with Gasteiger partial charge in [0, 0.05) is 45.7 Å². The third-order valence-electron chi connectivity index (χ3n) is 2.92. The number of hydrazine groups is 1. The summed E-state index contributed by atoms with van der Waals surface area (Å²) in [5, 5.41) is 25.9. The van der Waals surface area contributed by atoms with Crippen molar-refractivity contribution in [1.29, 1.82) is 0 Å². The lowest BCUT2D eigenvalue weighted by Gasteiger charge is -2.30. The van der Waals surface area contributed by atoms with Gasteiger partial charge in [0.15, 0.2) is 0 Å². The molecule has 1 heterocycles. The van der Waals surface area contributed by atoms with Gasteiger partial charge in [-0.2, -0.15) is 0 Å². The molecule has 5 N–H and O–H groups in total. The Morgan fingerprint density at radius 2 is 1.68 bits per heavy atom. The molecule has 1 rings (SSSR count). The first-order valence-corrected chi connectivity index (χ1v) is 6.47. The van der Waals surface area contributed by atoms with Gasteiger partial charge < -0.3 is 20.8 Å². The highest BCUT2D eigenvalue weighted by molar-refractivity contribution is 5.75. The summed E-state index contributed by atoms with van der Waals surface area (Å²) in [7, 11) is 0. The van der Waals surface area contributed by atoms with Crippen LogP contribution in [0.2, 0.25) is 0 Å². The third-order valence-corrected chi connectivity index (χ3v) is 2.92. The van der Waals surface area contributed by atoms with Crippen molar-refractivity contribution in [3.63, 3.8) is 0 Å². The van der Waals surface area contributed by atoms with Crippen molar-refractivity contribution in [2.24, 2.45) is 0 Å². The number of nitrogens with zero attached hydrogens (tertiary/aromatic N) is 1. The zero-order valence-electron chi connectivity index (χ0n) is 10.9. The fourth-order valence-electron chi connectivity index (χ4n) is 1.93. The predicted molar refractivity (Wildman–Crippen MR) is 68.7 cm³/mol. The smallest absolute Gasteiger partial charge is 0.322 e. The molecule has 1 unspecified atom stereocenters. The molecule has 0 aliphatic carbocycles. The van der Waals surface area contributed by atoms with E-state index in [1.165, 1.54) is 0 Å². The minimum Gasteiger partial charge on any atom is -0.481 e. The zero-order valence-corrected chi connectivity index (χ0v) is 10.9. The summed E-state index contributed by atoms with van der Waals surface area (Å²) in [6.07, 6.45) is -0.0636. The first kappa shape index (κ1) is 15.8. The molecule has 0 amide bonds. The maximum Gasteiger partial charge on any atom is 0.322 e. The molecule has 0 saturated carbocycles. The van der Waals surface area contributed by atoms with Gasteiger partial charge >= 0.3 is 11.9 Å². The number of hydrogen-bond acceptors (Lipinski definition) is 6. The molecule has 8 heteroatoms. The van der Waals surface area contributed by atoms with E-state index in [9.17, 15) is 14.7 Å². The Morgan fingerprint density at radius 3 is 2.32 bits per heavy atom. The average molecular weight is 274 g/mol. The standard InChI is InChI=1S/C11H22N4O4/c16-10(17)2-1-9(11(18)19)15-8-7-13-4-3-12-5-6-14-15/h9,12-14H,1-8H2,(H,16,17)(H,18,19). The fraction of sp³-hybridized carbons (Fsp3) is 0.818. The van der Waals surface area contributed by atoms with Gasteiger partial charge in [-0.05, 0) is 6.42 Å². The second-order valence-corrected chi connectivity index (χ2v) is 4.39. The lowest BCUT2D eigenvalue weighted by Crippen LogP contribution is -2.54. The molecule has 0 aromatic carbocycles. The molecule has 0 aromatic heterocycles. The molecule has 1 fully saturated rings. The van der Waals surface area contributed by atoms with Gasteiger partial charge in [-0.3, -0.25) is 15.0 Å². The summed E-state index contributed by atoms with van der Waals surface area (Å²) in [6.45, 7) is 4.26. The summed E-state index contributed by atoms with van der Waals surface area (Å²) < 4.78 is 0. The fourth-order valence-corrected chi connectivity index (χ4v) is 1.93. The number of carboxylic acid groups (broad SMARTS) is 2. The SMILES string of the molecule is O=C(O)CCC(C(=O)O)N1CCNCCNCCN1. The van der Waals surface area contributed by atoms with E-state index in [0.717, 1.165) is 19.6 Å². The van der Waals surface area contributed by atoms with Crippen molar-refractivity contribution in [3.05, 3.63) is 0 Å². The van der Waals surface area contributed by atoms with Crippen molar-refractivity contribution < 1.29 is 19.8 Å². The Hall–Kier alpha value is -1.22. The number of rotatable bonds is 5. The van der Waals surface area contributed by atoms with Crippen molar-refractivity contribution in [2.75, 3.05) is 39.3 Å². The molecule has 1 saturated heterocycles. The van der Waals surface area contributed by atoms with Crippen molar-refractivity contribution in [2.45, 2.75) is 18.9 Å². The Labute approximate surface area is 112 Å². The molecular formula is C11H22N4O4. The molecule has 0 spiro atoms. The van der Waals surface area contributed by atoms with E-state index in [1.807, 2.05) is 0 Å². The maximum absolute atomic E-state index is 11.3. The number of carboxylic acids is 2. The summed E-state index contributed by atoms with van der Waals surface area (Å²) in [4.78, 5) is 21.8. The van der Waals surface area contributed by atoms with Crippen LogP contribution in [0.3, 0.4) is 0 Å². The molecule has 0 bridgehead atoms. The van der Waals surface area contributed by atoms with Crippen LogP contribution in [0.4, 0.5) is 0 Å². The Kier molecular flexibility index (Phi) is 7.34. The van der Waals surface area contributed by atoms with Gasteiger partial charge in [-0.25, -0.2) is 5.01 Å². The normalized spacial score (nSPS) is 20.6. The van der Waals surface area contributed by atoms with Crippen molar-refractivity contribution in [1.82, 2.24) is 21.1 Å². The Bertz CT molecular complexity index is 290. The van der Waals surface area contributed by atoms with Gasteiger partial charge in [0.2, 0.25) is 0 Å². The van der Waals surface area contributed by atoms with Crippen LogP contribution in [0, 0.1) is 0 Å². The number of aliphatic carboxylic acids is 2. The summed E-state index contributed by atoms with van der Waals surface area (Å²) in [5.74, 6) is -1.98. The highest BCUT2D eigenvalue weighted by Gasteiger charge is 2.25. The second kappa shape index (κ2) is 8.81. The molecule has 0 radical (unpaired) electrons. The lowest BCUT2D eigenvalue weighted by atomic mass is 10.1. The van der Waals surface area contributed by atoms with Crippen LogP contribution in [-0.2, 0) is 9.59 Å². The molecular weight excluding hydrogens is 252 g/mol. The summed E-state index contributed by atoms with van der Waals surface area (Å²) in [5.41, 5.74) is 3.05. The minimum atomic E-state index is -1.00. The molecule has 1 atom stereocenters. The average Bonchev–Trinajstić information content (AvgIpc) is 2.36. The summed E-state index contributed by atoms with van der Waals surface area (Å²) >= 11 is 0. The zero-order chi connectivity index (χ0) is 14.1. The second-order valence-electron chi connectivity index (χ2n) is 4.39. The predicted octanol–water partition coefficient (Wildman–Crippen LogP) is -1.70. The number of hydrogen-bond donors (Lipinski definition) is 5. The van der Waals surface area contributed by atoms with Crippen molar-refractivity contribution in [3.8, 4) is 0 Å². The quantitative estimate of drug-likeness (QED) is 0.403. The Balaban J connectivity index is 2.56. The van der Waals surface area contributed by atoms with Crippen LogP contribution in [0.1, 0.15) is 12.8 Å². The first-order valence-electron chi connectivity index (χ1n) is 6.47. The van der Waals surface area contributed by atoms with Crippen LogP contribution >= 0.6 is 0 Å². The van der Waals surface area contributed by atoms with E-state index in [-0.39, 0.29) is 12.8 Å². The maximum atomic E-state index is 11.3. The van der Waals surface area contributed by atoms with Crippen LogP contribution in [-0.4, -0.2) is 72.5 Å². The van der Waals surface area contributed by atoms with E-state index < -0.39 is 18.0 Å². The molecule has 8 nitrogen and oxygen atoms in total. The largest absolute Gasteiger partial charge is 0.481 e. The van der Waals surface area contributed by atoms with Crippen LogP contribution < -0.4 is 16.1 Å². The molecule has 110 valence electrons. The third kappa shape index (κ3) is 6.48. The van der Waals surface area contributed by atoms with Gasteiger partial charge in [0.25, 0.3) is 0 Å². The molecule has 1 aliphatic rings. The molecule has 1 aliphatic heterocycles. The highest BCUT2D eigenvalue weighted by Crippen LogP contribution is 2.05. The lowest BCUT2D eigenvalue weighted by molar-refractivity contribution is -0.146. The minimum absolute atomic E-state index is 0.0884. The monoisotopic (exact) mass is 274 g/mol. The topological polar surface area (TPSA) is 114 Å². The highest BCUT2D eigenvalue weighted by atomic mass is 16.4. The van der Waals surface area contributed by atoms with E-state index >= 15 is 0 Å². The van der Waals surface area contributed by atoms with E-state index in [0.29, 0.717) is 19.6 Å². The van der Waals surface area contributed by atoms with Gasteiger partial charge in [-0.15, -0.1) is 0 Å². The first-order chi connectivity index (χ1) is 9.11. The van der Waals surface area contributed by atoms with E-state index in [2.05, 4.69) is 16.1 Å². The molecule has 19 heavy (non-hydrogen) atoms. The molecule has 0 aromatic rings. The van der Waals surface area contributed by atoms with Gasteiger partial charge in [-0.1, -0.05) is 0 Å². The van der Waals surface area contributed by atoms with Crippen LogP contribution in [0.15, 0.2) is 0 Å². The summed E-state index contributed by atoms with van der Waals surface area (Å²) in [6, 6.07) is -0.822. The van der Waals surface area contributed by atoms with Crippen LogP contribution in [0.5, 0.6) is 0 Å². The van der Waals surface area contributed by atoms with Crippen molar-refractivity contribution >= 4 is 11.9 Å². The Morgan fingerprint density at radius 1 is 1.05 bits per heavy atom. The number of carbonyl (C=O) groups is 2. The van der Waals surface area contributed by atoms with Gasteiger partial charge in [0.1, 0.15) is 6.04 Å². The van der Waals surface area contributed by atoms with E-state index in [4.69, 9.17) is 5.11 Å². The van der Waals surface area contributed by atoms with Crippen LogP contribution in [0.25, 0.3) is 0 Å². The van der Waals surface area contributed by atoms with E-state index in [1.54, 1.807) is 5.01 Å².